The SMILES string of the molecule is Cl.NC1CCC(C(=O)N2CCc3cc(Br)ccc32)C1. The molecule has 1 aliphatic heterocycles. The van der Waals surface area contributed by atoms with Gasteiger partial charge in [0.05, 0.1) is 0 Å². The second-order valence-electron chi connectivity index (χ2n) is 5.28. The van der Waals surface area contributed by atoms with Crippen LogP contribution in [0.1, 0.15) is 24.8 Å². The number of rotatable bonds is 1. The summed E-state index contributed by atoms with van der Waals surface area (Å²) in [5.74, 6) is 0.401. The largest absolute Gasteiger partial charge is 0.328 e. The number of nitrogens with two attached hydrogens (primary N) is 1. The number of hydrogen-bond acceptors (Lipinski definition) is 2. The Morgan fingerprint density at radius 3 is 2.84 bits per heavy atom. The van der Waals surface area contributed by atoms with Crippen LogP contribution in [0.3, 0.4) is 0 Å². The van der Waals surface area contributed by atoms with E-state index in [0.29, 0.717) is 0 Å². The van der Waals surface area contributed by atoms with E-state index in [2.05, 4.69) is 22.0 Å². The molecule has 3 rings (SSSR count). The summed E-state index contributed by atoms with van der Waals surface area (Å²) in [7, 11) is 0. The third-order valence-electron chi connectivity index (χ3n) is 4.03. The van der Waals surface area contributed by atoms with Crippen LogP contribution in [-0.4, -0.2) is 18.5 Å². The van der Waals surface area contributed by atoms with Crippen molar-refractivity contribution in [2.24, 2.45) is 11.7 Å². The zero-order valence-electron chi connectivity index (χ0n) is 10.6. The lowest BCUT2D eigenvalue weighted by molar-refractivity contribution is -0.122. The van der Waals surface area contributed by atoms with Gasteiger partial charge in [-0.15, -0.1) is 12.4 Å². The number of carbonyl (C=O) groups is 1. The number of hydrogen-bond donors (Lipinski definition) is 1. The zero-order chi connectivity index (χ0) is 12.7. The topological polar surface area (TPSA) is 46.3 Å². The minimum Gasteiger partial charge on any atom is -0.328 e. The monoisotopic (exact) mass is 344 g/mol. The maximum absolute atomic E-state index is 12.5. The van der Waals surface area contributed by atoms with E-state index in [-0.39, 0.29) is 30.3 Å². The summed E-state index contributed by atoms with van der Waals surface area (Å²) in [6.07, 6.45) is 3.74. The first-order valence-electron chi connectivity index (χ1n) is 6.50. The van der Waals surface area contributed by atoms with Crippen molar-refractivity contribution in [1.82, 2.24) is 0 Å². The van der Waals surface area contributed by atoms with Crippen molar-refractivity contribution in [3.8, 4) is 0 Å². The number of anilines is 1. The normalized spacial score (nSPS) is 25.1. The van der Waals surface area contributed by atoms with Crippen LogP contribution in [0.5, 0.6) is 0 Å². The van der Waals surface area contributed by atoms with E-state index in [1.807, 2.05) is 17.0 Å². The molecule has 0 bridgehead atoms. The predicted octanol–water partition coefficient (Wildman–Crippen LogP) is 2.89. The number of fused-ring (bicyclic) bond motifs is 1. The molecule has 0 spiro atoms. The molecule has 1 aromatic rings. The van der Waals surface area contributed by atoms with Crippen LogP contribution < -0.4 is 10.6 Å². The highest BCUT2D eigenvalue weighted by Gasteiger charge is 2.34. The molecule has 2 unspecified atom stereocenters. The van der Waals surface area contributed by atoms with Gasteiger partial charge in [0.25, 0.3) is 0 Å². The van der Waals surface area contributed by atoms with Gasteiger partial charge in [-0.1, -0.05) is 15.9 Å². The molecule has 19 heavy (non-hydrogen) atoms. The molecule has 0 aromatic heterocycles. The number of halogens is 2. The van der Waals surface area contributed by atoms with Crippen molar-refractivity contribution in [2.45, 2.75) is 31.7 Å². The molecular formula is C14H18BrClN2O. The molecular weight excluding hydrogens is 328 g/mol. The van der Waals surface area contributed by atoms with Gasteiger partial charge < -0.3 is 10.6 Å². The first-order chi connectivity index (χ1) is 8.65. The van der Waals surface area contributed by atoms with Gasteiger partial charge in [-0.05, 0) is 49.4 Å². The molecule has 0 saturated heterocycles. The first-order valence-corrected chi connectivity index (χ1v) is 7.30. The summed E-state index contributed by atoms with van der Waals surface area (Å²) in [4.78, 5) is 14.4. The first kappa shape index (κ1) is 14.8. The molecule has 0 radical (unpaired) electrons. The average Bonchev–Trinajstić information content (AvgIpc) is 2.94. The smallest absolute Gasteiger partial charge is 0.230 e. The van der Waals surface area contributed by atoms with Gasteiger partial charge in [0.1, 0.15) is 0 Å². The van der Waals surface area contributed by atoms with Crippen molar-refractivity contribution in [1.29, 1.82) is 0 Å². The lowest BCUT2D eigenvalue weighted by atomic mass is 10.1. The Morgan fingerprint density at radius 2 is 2.16 bits per heavy atom. The fourth-order valence-corrected chi connectivity index (χ4v) is 3.47. The van der Waals surface area contributed by atoms with Gasteiger partial charge >= 0.3 is 0 Å². The standard InChI is InChI=1S/C14H17BrN2O.ClH/c15-11-2-4-13-9(7-11)5-6-17(13)14(18)10-1-3-12(16)8-10;/h2,4,7,10,12H,1,3,5-6,8,16H2;1H. The van der Waals surface area contributed by atoms with E-state index >= 15 is 0 Å². The van der Waals surface area contributed by atoms with Gasteiger partial charge in [0.15, 0.2) is 0 Å². The summed E-state index contributed by atoms with van der Waals surface area (Å²) < 4.78 is 1.08. The van der Waals surface area contributed by atoms with Crippen molar-refractivity contribution in [2.75, 3.05) is 11.4 Å². The Morgan fingerprint density at radius 1 is 1.37 bits per heavy atom. The Hall–Kier alpha value is -0.580. The molecule has 1 aromatic carbocycles. The van der Waals surface area contributed by atoms with Gasteiger partial charge in [-0.25, -0.2) is 0 Å². The van der Waals surface area contributed by atoms with E-state index in [1.165, 1.54) is 5.56 Å². The molecule has 1 heterocycles. The summed E-state index contributed by atoms with van der Waals surface area (Å²) in [5.41, 5.74) is 8.25. The predicted molar refractivity (Wildman–Crippen MR) is 82.8 cm³/mol. The average molecular weight is 346 g/mol. The van der Waals surface area contributed by atoms with Crippen LogP contribution in [-0.2, 0) is 11.2 Å². The minimum absolute atomic E-state index is 0. The van der Waals surface area contributed by atoms with Crippen molar-refractivity contribution in [3.63, 3.8) is 0 Å². The highest BCUT2D eigenvalue weighted by Crippen LogP contribution is 2.34. The van der Waals surface area contributed by atoms with Crippen molar-refractivity contribution >= 4 is 39.9 Å². The molecule has 1 amide bonds. The summed E-state index contributed by atoms with van der Waals surface area (Å²) >= 11 is 3.48. The fraction of sp³-hybridized carbons (Fsp3) is 0.500. The fourth-order valence-electron chi connectivity index (χ4n) is 3.06. The highest BCUT2D eigenvalue weighted by molar-refractivity contribution is 9.10. The lowest BCUT2D eigenvalue weighted by Crippen LogP contribution is -2.34. The Kier molecular flexibility index (Phi) is 4.54. The van der Waals surface area contributed by atoms with Crippen LogP contribution in [0.25, 0.3) is 0 Å². The summed E-state index contributed by atoms with van der Waals surface area (Å²) in [6, 6.07) is 6.37. The van der Waals surface area contributed by atoms with E-state index in [0.717, 1.165) is 42.4 Å². The van der Waals surface area contributed by atoms with Gasteiger partial charge in [-0.3, -0.25) is 4.79 Å². The minimum atomic E-state index is 0. The number of nitrogens with zero attached hydrogens (tertiary/aromatic N) is 1. The zero-order valence-corrected chi connectivity index (χ0v) is 13.0. The number of carbonyl (C=O) groups excluding carboxylic acids is 1. The second kappa shape index (κ2) is 5.81. The molecule has 1 fully saturated rings. The van der Waals surface area contributed by atoms with E-state index in [9.17, 15) is 4.79 Å². The van der Waals surface area contributed by atoms with Gasteiger partial charge in [-0.2, -0.15) is 0 Å². The molecule has 5 heteroatoms. The van der Waals surface area contributed by atoms with Crippen LogP contribution >= 0.6 is 28.3 Å². The molecule has 1 aliphatic carbocycles. The van der Waals surface area contributed by atoms with Gasteiger partial charge in [0, 0.05) is 28.7 Å². The molecule has 2 atom stereocenters. The van der Waals surface area contributed by atoms with Crippen LogP contribution in [0.4, 0.5) is 5.69 Å². The maximum Gasteiger partial charge on any atom is 0.230 e. The molecule has 2 N–H and O–H groups in total. The highest BCUT2D eigenvalue weighted by atomic mass is 79.9. The second-order valence-corrected chi connectivity index (χ2v) is 6.20. The van der Waals surface area contributed by atoms with E-state index in [1.54, 1.807) is 0 Å². The Bertz CT molecular complexity index is 494. The lowest BCUT2D eigenvalue weighted by Gasteiger charge is -2.21. The molecule has 1 saturated carbocycles. The van der Waals surface area contributed by atoms with Crippen LogP contribution in [0.2, 0.25) is 0 Å². The van der Waals surface area contributed by atoms with Crippen LogP contribution in [0, 0.1) is 5.92 Å². The number of amides is 1. The molecule has 2 aliphatic rings. The Balaban J connectivity index is 0.00000133. The third-order valence-corrected chi connectivity index (χ3v) is 4.52. The van der Waals surface area contributed by atoms with Crippen molar-refractivity contribution in [3.05, 3.63) is 28.2 Å². The molecule has 3 nitrogen and oxygen atoms in total. The number of benzene rings is 1. The Labute approximate surface area is 128 Å². The van der Waals surface area contributed by atoms with E-state index in [4.69, 9.17) is 5.73 Å². The van der Waals surface area contributed by atoms with Gasteiger partial charge in [0.2, 0.25) is 5.91 Å². The van der Waals surface area contributed by atoms with Crippen molar-refractivity contribution < 1.29 is 4.79 Å². The third kappa shape index (κ3) is 2.81. The summed E-state index contributed by atoms with van der Waals surface area (Å²) in [6.45, 7) is 0.816. The summed E-state index contributed by atoms with van der Waals surface area (Å²) in [5, 5.41) is 0. The van der Waals surface area contributed by atoms with E-state index < -0.39 is 0 Å². The maximum atomic E-state index is 12.5. The van der Waals surface area contributed by atoms with Crippen LogP contribution in [0.15, 0.2) is 22.7 Å². The molecule has 104 valence electrons. The quantitative estimate of drug-likeness (QED) is 0.850.